The van der Waals surface area contributed by atoms with Crippen molar-refractivity contribution in [2.45, 2.75) is 63.7 Å². The first-order chi connectivity index (χ1) is 20.4. The van der Waals surface area contributed by atoms with Crippen molar-refractivity contribution >= 4 is 17.7 Å². The first kappa shape index (κ1) is 28.2. The molecular weight excluding hydrogens is 528 g/mol. The van der Waals surface area contributed by atoms with Crippen molar-refractivity contribution in [3.63, 3.8) is 0 Å². The fourth-order valence-electron chi connectivity index (χ4n) is 7.13. The molecule has 1 aromatic heterocycles. The fraction of sp³-hybridized carbons (Fsp3) is 0.455. The van der Waals surface area contributed by atoms with Crippen LogP contribution in [0.25, 0.3) is 11.3 Å². The Kier molecular flexibility index (Phi) is 8.37. The van der Waals surface area contributed by atoms with Crippen LogP contribution in [0, 0.1) is 11.8 Å². The number of carbonyl (C=O) groups is 3. The molecule has 3 N–H and O–H groups in total. The van der Waals surface area contributed by atoms with Gasteiger partial charge in [0.2, 0.25) is 17.7 Å². The zero-order chi connectivity index (χ0) is 29.1. The van der Waals surface area contributed by atoms with Crippen molar-refractivity contribution in [3.8, 4) is 11.3 Å². The van der Waals surface area contributed by atoms with E-state index in [2.05, 4.69) is 42.8 Å². The predicted molar refractivity (Wildman–Crippen MR) is 160 cm³/mol. The summed E-state index contributed by atoms with van der Waals surface area (Å²) in [6, 6.07) is 18.7. The van der Waals surface area contributed by atoms with Gasteiger partial charge in [0.15, 0.2) is 0 Å². The number of nitrogens with one attached hydrogen (secondary N) is 3. The number of hydrogen-bond donors (Lipinski definition) is 3. The van der Waals surface area contributed by atoms with Gasteiger partial charge in [-0.05, 0) is 49.1 Å². The van der Waals surface area contributed by atoms with Crippen molar-refractivity contribution in [2.75, 3.05) is 19.6 Å². The minimum Gasteiger partial charge on any atom is -0.345 e. The summed E-state index contributed by atoms with van der Waals surface area (Å²) in [5, 5.41) is 13.4. The second kappa shape index (κ2) is 12.5. The van der Waals surface area contributed by atoms with Crippen LogP contribution in [0.15, 0.2) is 66.9 Å². The molecule has 42 heavy (non-hydrogen) atoms. The third kappa shape index (κ3) is 6.26. The van der Waals surface area contributed by atoms with Crippen molar-refractivity contribution in [1.82, 2.24) is 30.6 Å². The van der Waals surface area contributed by atoms with Crippen LogP contribution >= 0.6 is 0 Å². The molecule has 2 aromatic carbocycles. The number of amides is 3. The van der Waals surface area contributed by atoms with Crippen LogP contribution in [0.5, 0.6) is 0 Å². The van der Waals surface area contributed by atoms with Crippen LogP contribution < -0.4 is 10.6 Å². The quantitative estimate of drug-likeness (QED) is 0.438. The van der Waals surface area contributed by atoms with Gasteiger partial charge in [-0.25, -0.2) is 0 Å². The van der Waals surface area contributed by atoms with E-state index in [1.807, 2.05) is 54.7 Å². The maximum atomic E-state index is 14.3. The molecule has 9 nitrogen and oxygen atoms in total. The zero-order valence-corrected chi connectivity index (χ0v) is 24.2. The molecule has 3 fully saturated rings. The highest BCUT2D eigenvalue weighted by molar-refractivity contribution is 5.92. The van der Waals surface area contributed by atoms with Crippen LogP contribution in [0.3, 0.4) is 0 Å². The van der Waals surface area contributed by atoms with E-state index in [0.29, 0.717) is 37.6 Å². The van der Waals surface area contributed by atoms with E-state index in [4.69, 9.17) is 0 Å². The zero-order valence-electron chi connectivity index (χ0n) is 24.2. The van der Waals surface area contributed by atoms with E-state index in [9.17, 15) is 14.4 Å². The fourth-order valence-corrected chi connectivity index (χ4v) is 7.13. The molecule has 0 aliphatic carbocycles. The first-order valence-corrected chi connectivity index (χ1v) is 15.2. The van der Waals surface area contributed by atoms with Crippen molar-refractivity contribution in [1.29, 1.82) is 0 Å². The Balaban J connectivity index is 1.23. The SMILES string of the molecule is C[C@H]1NC(=O)CCC[C@H]2[C@@H]3C[C@@H](CN(Cc4cn[nH]c4-c4ccccc4)C3)CN2C(=O)[C@H](Cc2ccccc2)NC1=O. The molecule has 9 heteroatoms. The third-order valence-corrected chi connectivity index (χ3v) is 9.07. The highest BCUT2D eigenvalue weighted by Gasteiger charge is 2.44. The molecule has 3 aliphatic heterocycles. The van der Waals surface area contributed by atoms with E-state index in [1.165, 1.54) is 5.56 Å². The summed E-state index contributed by atoms with van der Waals surface area (Å²) in [5.74, 6) is 0.182. The monoisotopic (exact) mass is 568 g/mol. The molecule has 0 saturated carbocycles. The van der Waals surface area contributed by atoms with Crippen molar-refractivity contribution in [3.05, 3.63) is 78.0 Å². The molecule has 2 bridgehead atoms. The lowest BCUT2D eigenvalue weighted by molar-refractivity contribution is -0.146. The number of hydrogen-bond acceptors (Lipinski definition) is 5. The Bertz CT molecular complexity index is 1390. The molecule has 3 saturated heterocycles. The van der Waals surface area contributed by atoms with Gasteiger partial charge < -0.3 is 15.5 Å². The number of benzene rings is 2. The number of aromatic amines is 1. The summed E-state index contributed by atoms with van der Waals surface area (Å²) in [6.07, 6.45) is 5.21. The second-order valence-electron chi connectivity index (χ2n) is 12.2. The topological polar surface area (TPSA) is 110 Å². The lowest BCUT2D eigenvalue weighted by Crippen LogP contribution is -2.63. The van der Waals surface area contributed by atoms with Gasteiger partial charge >= 0.3 is 0 Å². The van der Waals surface area contributed by atoms with Gasteiger partial charge in [0.1, 0.15) is 12.1 Å². The van der Waals surface area contributed by atoms with Crippen LogP contribution in [-0.4, -0.2) is 75.5 Å². The van der Waals surface area contributed by atoms with E-state index in [1.54, 1.807) is 6.92 Å². The molecule has 5 atom stereocenters. The molecular formula is C33H40N6O3. The maximum Gasteiger partial charge on any atom is 0.245 e. The van der Waals surface area contributed by atoms with Gasteiger partial charge in [-0.1, -0.05) is 60.7 Å². The Hall–Kier alpha value is -3.98. The summed E-state index contributed by atoms with van der Waals surface area (Å²) in [4.78, 5) is 44.6. The summed E-state index contributed by atoms with van der Waals surface area (Å²) in [5.41, 5.74) is 4.34. The lowest BCUT2D eigenvalue weighted by Gasteiger charge is -2.51. The van der Waals surface area contributed by atoms with Crippen LogP contribution in [0.1, 0.15) is 43.7 Å². The van der Waals surface area contributed by atoms with Crippen LogP contribution in [0.2, 0.25) is 0 Å². The molecule has 4 heterocycles. The number of likely N-dealkylation sites (tertiary alicyclic amines) is 1. The number of aromatic nitrogens is 2. The lowest BCUT2D eigenvalue weighted by atomic mass is 9.77. The van der Waals surface area contributed by atoms with E-state index >= 15 is 0 Å². The Morgan fingerprint density at radius 2 is 1.69 bits per heavy atom. The van der Waals surface area contributed by atoms with E-state index in [0.717, 1.165) is 49.3 Å². The van der Waals surface area contributed by atoms with Gasteiger partial charge in [0.25, 0.3) is 0 Å². The molecule has 0 spiro atoms. The third-order valence-electron chi connectivity index (χ3n) is 9.07. The maximum absolute atomic E-state index is 14.3. The Morgan fingerprint density at radius 1 is 0.929 bits per heavy atom. The van der Waals surface area contributed by atoms with Gasteiger partial charge in [-0.3, -0.25) is 24.4 Å². The highest BCUT2D eigenvalue weighted by atomic mass is 16.2. The average molecular weight is 569 g/mol. The number of piperidine rings is 2. The number of H-pyrrole nitrogens is 1. The van der Waals surface area contributed by atoms with Crippen molar-refractivity contribution < 1.29 is 14.4 Å². The summed E-state index contributed by atoms with van der Waals surface area (Å²) >= 11 is 0. The molecule has 0 radical (unpaired) electrons. The van der Waals surface area contributed by atoms with Gasteiger partial charge in [0, 0.05) is 50.6 Å². The van der Waals surface area contributed by atoms with Gasteiger partial charge in [-0.15, -0.1) is 0 Å². The first-order valence-electron chi connectivity index (χ1n) is 15.2. The molecule has 0 unspecified atom stereocenters. The molecule has 3 amide bonds. The summed E-state index contributed by atoms with van der Waals surface area (Å²) in [7, 11) is 0. The largest absolute Gasteiger partial charge is 0.345 e. The number of nitrogens with zero attached hydrogens (tertiary/aromatic N) is 3. The molecule has 6 rings (SSSR count). The van der Waals surface area contributed by atoms with Gasteiger partial charge in [-0.2, -0.15) is 5.10 Å². The number of rotatable bonds is 5. The minimum atomic E-state index is -0.697. The molecule has 220 valence electrons. The highest BCUT2D eigenvalue weighted by Crippen LogP contribution is 2.37. The Labute approximate surface area is 247 Å². The standard InChI is InChI=1S/C33H40N6O3/c1-22-32(41)36-28(16-23-9-4-2-5-10-23)33(42)39-19-24-15-26(29(39)13-8-14-30(40)35-22)20-38(18-24)21-27-17-34-37-31(27)25-11-6-3-7-12-25/h2-7,9-12,17,22,24,26,28-29H,8,13-16,18-21H2,1H3,(H,34,37)(H,35,40)(H,36,41)/t22-,24+,26-,28+,29+/m1/s1. The second-order valence-corrected chi connectivity index (χ2v) is 12.2. The van der Waals surface area contributed by atoms with Crippen molar-refractivity contribution in [2.24, 2.45) is 11.8 Å². The smallest absolute Gasteiger partial charge is 0.245 e. The molecule has 3 aliphatic rings. The van der Waals surface area contributed by atoms with E-state index < -0.39 is 12.1 Å². The average Bonchev–Trinajstić information content (AvgIpc) is 3.45. The van der Waals surface area contributed by atoms with Gasteiger partial charge in [0.05, 0.1) is 11.9 Å². The number of fused-ring (bicyclic) bond motifs is 4. The molecule has 3 aromatic rings. The predicted octanol–water partition coefficient (Wildman–Crippen LogP) is 3.14. The normalized spacial score (nSPS) is 27.3. The van der Waals surface area contributed by atoms with E-state index in [-0.39, 0.29) is 23.8 Å². The van der Waals surface area contributed by atoms with Crippen LogP contribution in [0.4, 0.5) is 0 Å². The van der Waals surface area contributed by atoms with Crippen LogP contribution in [-0.2, 0) is 27.3 Å². The Morgan fingerprint density at radius 3 is 2.48 bits per heavy atom. The summed E-state index contributed by atoms with van der Waals surface area (Å²) in [6.45, 7) is 4.91. The summed E-state index contributed by atoms with van der Waals surface area (Å²) < 4.78 is 0. The minimum absolute atomic E-state index is 0.0133. The number of carbonyl (C=O) groups excluding carboxylic acids is 3.